The first-order valence-corrected chi connectivity index (χ1v) is 7.62. The molecule has 0 aliphatic carbocycles. The Labute approximate surface area is 154 Å². The Hall–Kier alpha value is -0.560. The van der Waals surface area contributed by atoms with E-state index in [2.05, 4.69) is 4.40 Å². The van der Waals surface area contributed by atoms with Crippen LogP contribution in [0.1, 0.15) is 5.56 Å². The largest absolute Gasteiger partial charge is 1.00 e. The molecule has 0 saturated carbocycles. The first-order chi connectivity index (χ1) is 9.40. The number of benzene rings is 2. The van der Waals surface area contributed by atoms with Crippen molar-refractivity contribution in [3.8, 4) is 0 Å². The van der Waals surface area contributed by atoms with E-state index in [4.69, 9.17) is 23.2 Å². The molecule has 8 heteroatoms. The minimum absolute atomic E-state index is 0. The molecule has 0 bridgehead atoms. The van der Waals surface area contributed by atoms with Crippen LogP contribution in [0.5, 0.6) is 0 Å². The molecule has 0 heterocycles. The smallest absolute Gasteiger partial charge is 0.858 e. The van der Waals surface area contributed by atoms with Gasteiger partial charge in [0.25, 0.3) is 10.0 Å². The van der Waals surface area contributed by atoms with Gasteiger partial charge in [-0.05, 0) is 24.3 Å². The molecule has 0 aliphatic rings. The summed E-state index contributed by atoms with van der Waals surface area (Å²) in [5.41, 5.74) is -0.0180. The molecule has 0 aromatic heterocycles. The molecule has 0 atom stereocenters. The summed E-state index contributed by atoms with van der Waals surface area (Å²) < 4.78 is 27.1. The summed E-state index contributed by atoms with van der Waals surface area (Å²) in [5.74, 6) is -0.935. The summed E-state index contributed by atoms with van der Waals surface area (Å²) in [5, 5.41) is 12.3. The van der Waals surface area contributed by atoms with Gasteiger partial charge in [-0.3, -0.25) is 0 Å². The van der Waals surface area contributed by atoms with Crippen LogP contribution in [-0.4, -0.2) is 14.3 Å². The molecule has 0 spiro atoms. The molecule has 0 radical (unpaired) electrons. The summed E-state index contributed by atoms with van der Waals surface area (Å²) >= 11 is 11.5. The van der Waals surface area contributed by atoms with Gasteiger partial charge in [-0.1, -0.05) is 47.5 Å². The Bertz CT molecular complexity index is 764. The van der Waals surface area contributed by atoms with Crippen molar-refractivity contribution in [3.63, 3.8) is 0 Å². The Balaban J connectivity index is 0.00000220. The van der Waals surface area contributed by atoms with Crippen molar-refractivity contribution in [2.75, 3.05) is 0 Å². The van der Waals surface area contributed by atoms with Crippen LogP contribution in [0.4, 0.5) is 0 Å². The Morgan fingerprint density at radius 2 is 1.67 bits per heavy atom. The normalized spacial score (nSPS) is 11.8. The van der Waals surface area contributed by atoms with E-state index in [1.807, 2.05) is 0 Å². The Morgan fingerprint density at radius 1 is 1.05 bits per heavy atom. The maximum absolute atomic E-state index is 11.9. The zero-order valence-electron chi connectivity index (χ0n) is 11.0. The number of hydrogen-bond acceptors (Lipinski definition) is 3. The SMILES string of the molecule is O=S(=O)(/N=C(\[O-])c1ccc(Cl)cc1Cl)c1ccccc1.[Na+]. The van der Waals surface area contributed by atoms with Gasteiger partial charge in [0, 0.05) is 16.5 Å². The van der Waals surface area contributed by atoms with Crippen molar-refractivity contribution in [3.05, 3.63) is 64.1 Å². The van der Waals surface area contributed by atoms with Gasteiger partial charge >= 0.3 is 29.6 Å². The first-order valence-electron chi connectivity index (χ1n) is 5.42. The quantitative estimate of drug-likeness (QED) is 0.425. The summed E-state index contributed by atoms with van der Waals surface area (Å²) in [6.07, 6.45) is 0. The fourth-order valence-electron chi connectivity index (χ4n) is 1.47. The topological polar surface area (TPSA) is 69.6 Å². The van der Waals surface area contributed by atoms with E-state index in [-0.39, 0.29) is 45.0 Å². The van der Waals surface area contributed by atoms with E-state index < -0.39 is 15.9 Å². The predicted molar refractivity (Wildman–Crippen MR) is 76.6 cm³/mol. The van der Waals surface area contributed by atoms with E-state index in [0.717, 1.165) is 0 Å². The van der Waals surface area contributed by atoms with Gasteiger partial charge in [0.15, 0.2) is 0 Å². The van der Waals surface area contributed by atoms with Gasteiger partial charge < -0.3 is 5.11 Å². The van der Waals surface area contributed by atoms with Crippen LogP contribution in [-0.2, 0) is 10.0 Å². The van der Waals surface area contributed by atoms with Gasteiger partial charge in [0.2, 0.25) is 0 Å². The third-order valence-corrected chi connectivity index (χ3v) is 4.23. The Morgan fingerprint density at radius 3 is 2.24 bits per heavy atom. The van der Waals surface area contributed by atoms with Crippen LogP contribution in [0.3, 0.4) is 0 Å². The molecule has 0 aliphatic heterocycles. The standard InChI is InChI=1S/C13H9Cl2NO3S.Na/c14-9-6-7-11(12(15)8-9)13(17)16-20(18,19)10-4-2-1-3-5-10;/h1-8H,(H,16,17);/q;+1/p-1. The second kappa shape index (κ2) is 7.63. The zero-order valence-corrected chi connectivity index (χ0v) is 15.3. The van der Waals surface area contributed by atoms with Gasteiger partial charge in [-0.2, -0.15) is 12.8 Å². The van der Waals surface area contributed by atoms with E-state index in [9.17, 15) is 13.5 Å². The minimum Gasteiger partial charge on any atom is -0.858 e. The van der Waals surface area contributed by atoms with Crippen LogP contribution in [0.15, 0.2) is 57.8 Å². The predicted octanol–water partition coefficient (Wildman–Crippen LogP) is -0.507. The van der Waals surface area contributed by atoms with Crippen molar-refractivity contribution >= 4 is 39.1 Å². The van der Waals surface area contributed by atoms with Crippen LogP contribution in [0.2, 0.25) is 10.0 Å². The molecule has 0 saturated heterocycles. The van der Waals surface area contributed by atoms with Crippen molar-refractivity contribution in [2.24, 2.45) is 4.40 Å². The monoisotopic (exact) mass is 351 g/mol. The molecular formula is C13H8Cl2NNaO3S. The molecule has 2 rings (SSSR count). The van der Waals surface area contributed by atoms with E-state index in [0.29, 0.717) is 5.02 Å². The van der Waals surface area contributed by atoms with E-state index >= 15 is 0 Å². The third kappa shape index (κ3) is 4.71. The summed E-state index contributed by atoms with van der Waals surface area (Å²) in [6.45, 7) is 0. The summed E-state index contributed by atoms with van der Waals surface area (Å²) in [6, 6.07) is 11.6. The van der Waals surface area contributed by atoms with Crippen LogP contribution in [0.25, 0.3) is 0 Å². The second-order valence-corrected chi connectivity index (χ2v) is 6.26. The zero-order chi connectivity index (χ0) is 14.8. The molecule has 2 aromatic carbocycles. The molecule has 0 unspecified atom stereocenters. The van der Waals surface area contributed by atoms with Crippen LogP contribution < -0.4 is 34.7 Å². The molecule has 104 valence electrons. The minimum atomic E-state index is -4.05. The van der Waals surface area contributed by atoms with E-state index in [1.54, 1.807) is 18.2 Å². The van der Waals surface area contributed by atoms with Gasteiger partial charge in [0.1, 0.15) is 0 Å². The van der Waals surface area contributed by atoms with E-state index in [1.165, 1.54) is 30.3 Å². The molecule has 2 aromatic rings. The third-order valence-electron chi connectivity index (χ3n) is 2.41. The molecule has 21 heavy (non-hydrogen) atoms. The van der Waals surface area contributed by atoms with Crippen molar-refractivity contribution in [2.45, 2.75) is 4.90 Å². The average molecular weight is 352 g/mol. The molecule has 0 amide bonds. The second-order valence-electron chi connectivity index (χ2n) is 3.81. The van der Waals surface area contributed by atoms with Gasteiger partial charge in [-0.15, -0.1) is 0 Å². The van der Waals surface area contributed by atoms with Gasteiger partial charge in [0.05, 0.1) is 9.92 Å². The fraction of sp³-hybridized carbons (Fsp3) is 0. The molecular weight excluding hydrogens is 344 g/mol. The van der Waals surface area contributed by atoms with Crippen molar-refractivity contribution in [1.29, 1.82) is 0 Å². The van der Waals surface area contributed by atoms with Crippen molar-refractivity contribution in [1.82, 2.24) is 0 Å². The number of sulfonamides is 1. The van der Waals surface area contributed by atoms with Crippen LogP contribution in [0, 0.1) is 0 Å². The number of hydrogen-bond donors (Lipinski definition) is 0. The fourth-order valence-corrected chi connectivity index (χ4v) is 2.88. The first kappa shape index (κ1) is 18.5. The van der Waals surface area contributed by atoms with Crippen LogP contribution >= 0.6 is 23.2 Å². The molecule has 4 nitrogen and oxygen atoms in total. The number of nitrogens with zero attached hydrogens (tertiary/aromatic N) is 1. The maximum Gasteiger partial charge on any atom is 1.00 e. The number of rotatable bonds is 3. The Kier molecular flexibility index (Phi) is 6.71. The van der Waals surface area contributed by atoms with Crippen molar-refractivity contribution < 1.29 is 43.1 Å². The number of halogens is 2. The average Bonchev–Trinajstić information content (AvgIpc) is 2.39. The molecule has 0 fully saturated rings. The summed E-state index contributed by atoms with van der Waals surface area (Å²) in [7, 11) is -4.05. The summed E-state index contributed by atoms with van der Waals surface area (Å²) in [4.78, 5) is -0.0570. The molecule has 0 N–H and O–H groups in total. The van der Waals surface area contributed by atoms with Gasteiger partial charge in [-0.25, -0.2) is 0 Å². The maximum atomic E-state index is 11.9.